The van der Waals surface area contributed by atoms with Crippen molar-refractivity contribution < 1.29 is 8.42 Å². The highest BCUT2D eigenvalue weighted by atomic mass is 35.7. The van der Waals surface area contributed by atoms with E-state index < -0.39 is 13.8 Å². The van der Waals surface area contributed by atoms with E-state index >= 15 is 0 Å². The van der Waals surface area contributed by atoms with E-state index in [1.54, 1.807) is 6.20 Å². The van der Waals surface area contributed by atoms with Crippen LogP contribution in [0.1, 0.15) is 18.5 Å². The van der Waals surface area contributed by atoms with Crippen LogP contribution < -0.4 is 0 Å². The first-order valence-corrected chi connectivity index (χ1v) is 6.78. The van der Waals surface area contributed by atoms with Crippen LogP contribution in [0.3, 0.4) is 0 Å². The zero-order valence-electron chi connectivity index (χ0n) is 6.60. The molecule has 0 bridgehead atoms. The summed E-state index contributed by atoms with van der Waals surface area (Å²) in [4.78, 5) is 0. The third-order valence-corrected chi connectivity index (χ3v) is 5.32. The van der Waals surface area contributed by atoms with Gasteiger partial charge in [0.15, 0.2) is 0 Å². The Balaban J connectivity index is 2.20. The van der Waals surface area contributed by atoms with Crippen LogP contribution in [-0.4, -0.2) is 21.9 Å². The first kappa shape index (κ1) is 9.36. The van der Waals surface area contributed by atoms with E-state index in [2.05, 4.69) is 8.75 Å². The molecule has 1 saturated carbocycles. The number of nitrogens with zero attached hydrogens (tertiary/aromatic N) is 2. The van der Waals surface area contributed by atoms with Gasteiger partial charge in [-0.3, -0.25) is 0 Å². The number of hydrogen-bond donors (Lipinski definition) is 0. The molecule has 1 aliphatic rings. The van der Waals surface area contributed by atoms with Crippen LogP contribution in [0.25, 0.3) is 0 Å². The third-order valence-electron chi connectivity index (χ3n) is 2.24. The summed E-state index contributed by atoms with van der Waals surface area (Å²) in [5, 5.41) is 0. The van der Waals surface area contributed by atoms with Crippen molar-refractivity contribution >= 4 is 31.5 Å². The highest BCUT2D eigenvalue weighted by molar-refractivity contribution is 8.15. The molecule has 1 aromatic heterocycles. The Bertz CT molecular complexity index is 396. The first-order valence-electron chi connectivity index (χ1n) is 3.74. The molecule has 0 radical (unpaired) electrons. The molecular formula is C6H7ClN2O2S2. The van der Waals surface area contributed by atoms with Crippen LogP contribution in [0.5, 0.6) is 0 Å². The van der Waals surface area contributed by atoms with Crippen molar-refractivity contribution in [1.82, 2.24) is 8.75 Å². The minimum atomic E-state index is -3.46. The summed E-state index contributed by atoms with van der Waals surface area (Å²) in [6.45, 7) is 0. The Hall–Kier alpha value is -0.200. The molecule has 0 unspecified atom stereocenters. The van der Waals surface area contributed by atoms with Gasteiger partial charge in [0.05, 0.1) is 28.4 Å². The molecule has 0 atom stereocenters. The molecule has 7 heteroatoms. The Morgan fingerprint density at radius 3 is 2.69 bits per heavy atom. The predicted molar refractivity (Wildman–Crippen MR) is 50.4 cm³/mol. The van der Waals surface area contributed by atoms with Crippen LogP contribution in [-0.2, 0) is 15.5 Å². The second-order valence-corrected chi connectivity index (χ2v) is 6.71. The van der Waals surface area contributed by atoms with Gasteiger partial charge in [-0.25, -0.2) is 8.42 Å². The average molecular weight is 239 g/mol. The van der Waals surface area contributed by atoms with Gasteiger partial charge in [-0.2, -0.15) is 8.75 Å². The van der Waals surface area contributed by atoms with Crippen molar-refractivity contribution in [2.45, 2.75) is 24.0 Å². The molecule has 0 aromatic carbocycles. The summed E-state index contributed by atoms with van der Waals surface area (Å²) in [7, 11) is 1.87. The quantitative estimate of drug-likeness (QED) is 0.742. The van der Waals surface area contributed by atoms with Crippen LogP contribution >= 0.6 is 22.4 Å². The maximum atomic E-state index is 11.2. The zero-order chi connectivity index (χ0) is 9.53. The molecule has 13 heavy (non-hydrogen) atoms. The highest BCUT2D eigenvalue weighted by Crippen LogP contribution is 2.47. The van der Waals surface area contributed by atoms with Gasteiger partial charge in [0.2, 0.25) is 9.05 Å². The standard InChI is InChI=1S/C6H7ClN2O2S2/c7-13(10,11)6(1-2-6)3-5-4-8-12-9-5/h4H,1-3H2. The molecule has 1 aromatic rings. The third kappa shape index (κ3) is 1.70. The minimum absolute atomic E-state index is 0.398. The number of rotatable bonds is 3. The van der Waals surface area contributed by atoms with Gasteiger partial charge in [0, 0.05) is 17.1 Å². The molecule has 0 amide bonds. The summed E-state index contributed by atoms with van der Waals surface area (Å²) in [5.41, 5.74) is 0.715. The molecule has 1 aliphatic carbocycles. The van der Waals surface area contributed by atoms with Crippen molar-refractivity contribution in [3.8, 4) is 0 Å². The highest BCUT2D eigenvalue weighted by Gasteiger charge is 2.54. The number of hydrogen-bond acceptors (Lipinski definition) is 5. The fourth-order valence-electron chi connectivity index (χ4n) is 1.24. The lowest BCUT2D eigenvalue weighted by atomic mass is 10.2. The zero-order valence-corrected chi connectivity index (χ0v) is 8.99. The first-order chi connectivity index (χ1) is 6.04. The Kier molecular flexibility index (Phi) is 2.08. The van der Waals surface area contributed by atoms with Gasteiger partial charge in [0.1, 0.15) is 0 Å². The minimum Gasteiger partial charge on any atom is -0.212 e. The molecule has 2 rings (SSSR count). The summed E-state index contributed by atoms with van der Waals surface area (Å²) in [6.07, 6.45) is 3.26. The van der Waals surface area contributed by atoms with Crippen molar-refractivity contribution in [3.63, 3.8) is 0 Å². The van der Waals surface area contributed by atoms with Gasteiger partial charge in [0.25, 0.3) is 0 Å². The summed E-state index contributed by atoms with van der Waals surface area (Å²) in [6, 6.07) is 0. The fraction of sp³-hybridized carbons (Fsp3) is 0.667. The van der Waals surface area contributed by atoms with E-state index in [4.69, 9.17) is 10.7 Å². The second kappa shape index (κ2) is 2.90. The molecule has 0 saturated heterocycles. The molecule has 0 N–H and O–H groups in total. The topological polar surface area (TPSA) is 59.9 Å². The normalized spacial score (nSPS) is 20.1. The smallest absolute Gasteiger partial charge is 0.212 e. The lowest BCUT2D eigenvalue weighted by molar-refractivity contribution is 0.589. The van der Waals surface area contributed by atoms with E-state index in [-0.39, 0.29) is 0 Å². The Labute approximate surface area is 84.7 Å². The maximum Gasteiger partial charge on any atom is 0.238 e. The summed E-state index contributed by atoms with van der Waals surface area (Å²) in [5.74, 6) is 0. The predicted octanol–water partition coefficient (Wildman–Crippen LogP) is 1.18. The van der Waals surface area contributed by atoms with Crippen LogP contribution in [0.4, 0.5) is 0 Å². The van der Waals surface area contributed by atoms with Gasteiger partial charge >= 0.3 is 0 Å². The molecule has 72 valence electrons. The number of aromatic nitrogens is 2. The van der Waals surface area contributed by atoms with E-state index in [9.17, 15) is 8.42 Å². The molecular weight excluding hydrogens is 232 g/mol. The van der Waals surface area contributed by atoms with Crippen LogP contribution in [0.2, 0.25) is 0 Å². The van der Waals surface area contributed by atoms with Crippen LogP contribution in [0.15, 0.2) is 6.20 Å². The van der Waals surface area contributed by atoms with Gasteiger partial charge in [-0.1, -0.05) is 0 Å². The lowest BCUT2D eigenvalue weighted by Crippen LogP contribution is -2.20. The Morgan fingerprint density at radius 1 is 1.62 bits per heavy atom. The SMILES string of the molecule is O=S(=O)(Cl)C1(Cc2cnsn2)CC1. The van der Waals surface area contributed by atoms with Crippen LogP contribution in [0, 0.1) is 0 Å². The van der Waals surface area contributed by atoms with E-state index in [0.717, 1.165) is 11.7 Å². The monoisotopic (exact) mass is 238 g/mol. The summed E-state index contributed by atoms with van der Waals surface area (Å²) < 4.78 is 29.4. The van der Waals surface area contributed by atoms with Crippen molar-refractivity contribution in [3.05, 3.63) is 11.9 Å². The maximum absolute atomic E-state index is 11.2. The molecule has 1 heterocycles. The molecule has 4 nitrogen and oxygen atoms in total. The van der Waals surface area contributed by atoms with Crippen molar-refractivity contribution in [1.29, 1.82) is 0 Å². The van der Waals surface area contributed by atoms with E-state index in [0.29, 0.717) is 25.0 Å². The largest absolute Gasteiger partial charge is 0.238 e. The van der Waals surface area contributed by atoms with Gasteiger partial charge in [-0.15, -0.1) is 0 Å². The lowest BCUT2D eigenvalue weighted by Gasteiger charge is -2.07. The summed E-state index contributed by atoms with van der Waals surface area (Å²) >= 11 is 1.08. The van der Waals surface area contributed by atoms with Crippen molar-refractivity contribution in [2.24, 2.45) is 0 Å². The van der Waals surface area contributed by atoms with E-state index in [1.807, 2.05) is 0 Å². The molecule has 1 fully saturated rings. The van der Waals surface area contributed by atoms with E-state index in [1.165, 1.54) is 0 Å². The molecule has 0 spiro atoms. The average Bonchev–Trinajstić information content (AvgIpc) is 2.59. The van der Waals surface area contributed by atoms with Crippen molar-refractivity contribution in [2.75, 3.05) is 0 Å². The molecule has 0 aliphatic heterocycles. The van der Waals surface area contributed by atoms with Gasteiger partial charge < -0.3 is 0 Å². The fourth-order valence-corrected chi connectivity index (χ4v) is 3.21. The van der Waals surface area contributed by atoms with Gasteiger partial charge in [-0.05, 0) is 12.8 Å². The number of halogens is 1. The Morgan fingerprint density at radius 2 is 2.31 bits per heavy atom. The second-order valence-electron chi connectivity index (χ2n) is 3.20.